The lowest BCUT2D eigenvalue weighted by Crippen LogP contribution is -2.46. The molecule has 0 bridgehead atoms. The van der Waals surface area contributed by atoms with E-state index >= 15 is 0 Å². The standard InChI is InChI=1S/C29H27F4N5O5/c1-35-25-24(26(40)36(13-4-14-39)27(41)38(25)18-20-5-3-12-34-16-20)37(17-19-8-10-21(30)11-9-19)28(35)42-22-6-2-7-23(15-22)43-29(31,32)33/h2-3,5-12,15-16,28,39H,4,13-14,17-18H2,1H3. The maximum atomic E-state index is 13.9. The molecule has 14 heteroatoms. The van der Waals surface area contributed by atoms with Gasteiger partial charge in [0.25, 0.3) is 11.9 Å². The summed E-state index contributed by atoms with van der Waals surface area (Å²) in [6.45, 7) is -0.274. The van der Waals surface area contributed by atoms with Gasteiger partial charge in [-0.1, -0.05) is 24.3 Å². The zero-order chi connectivity index (χ0) is 30.7. The number of aromatic nitrogens is 3. The monoisotopic (exact) mass is 601 g/mol. The molecule has 2 aromatic heterocycles. The average Bonchev–Trinajstić information content (AvgIpc) is 3.23. The Labute approximate surface area is 242 Å². The molecule has 0 saturated carbocycles. The molecule has 226 valence electrons. The molecule has 1 aliphatic rings. The second-order valence-corrected chi connectivity index (χ2v) is 9.77. The van der Waals surface area contributed by atoms with Crippen molar-refractivity contribution in [1.29, 1.82) is 0 Å². The highest BCUT2D eigenvalue weighted by Crippen LogP contribution is 2.38. The Hall–Kier alpha value is -4.85. The van der Waals surface area contributed by atoms with Gasteiger partial charge in [-0.3, -0.25) is 18.9 Å². The third-order valence-corrected chi connectivity index (χ3v) is 6.75. The summed E-state index contributed by atoms with van der Waals surface area (Å²) in [5.74, 6) is -0.770. The Morgan fingerprint density at radius 2 is 1.70 bits per heavy atom. The number of aliphatic hydroxyl groups is 1. The van der Waals surface area contributed by atoms with Crippen LogP contribution in [0.15, 0.2) is 82.6 Å². The van der Waals surface area contributed by atoms with E-state index in [0.29, 0.717) is 11.1 Å². The lowest BCUT2D eigenvalue weighted by Gasteiger charge is -2.30. The summed E-state index contributed by atoms with van der Waals surface area (Å²) in [6, 6.07) is 14.0. The van der Waals surface area contributed by atoms with Crippen LogP contribution in [0.3, 0.4) is 0 Å². The zero-order valence-electron chi connectivity index (χ0n) is 22.9. The van der Waals surface area contributed by atoms with Crippen molar-refractivity contribution in [2.45, 2.75) is 38.8 Å². The molecule has 0 spiro atoms. The summed E-state index contributed by atoms with van der Waals surface area (Å²) in [7, 11) is 1.58. The largest absolute Gasteiger partial charge is 0.573 e. The number of rotatable bonds is 10. The Balaban J connectivity index is 1.65. The molecule has 10 nitrogen and oxygen atoms in total. The molecule has 0 amide bonds. The summed E-state index contributed by atoms with van der Waals surface area (Å²) in [5, 5.41) is 9.44. The number of anilines is 2. The van der Waals surface area contributed by atoms with E-state index in [1.807, 2.05) is 0 Å². The van der Waals surface area contributed by atoms with Gasteiger partial charge in [0.1, 0.15) is 28.8 Å². The van der Waals surface area contributed by atoms with Crippen molar-refractivity contribution in [3.05, 3.63) is 111 Å². The molecule has 2 aromatic carbocycles. The van der Waals surface area contributed by atoms with Crippen molar-refractivity contribution in [1.82, 2.24) is 14.1 Å². The SMILES string of the molecule is CN1c2c(c(=O)n(CCCO)c(=O)n2Cc2cccnc2)N(Cc2ccc(F)cc2)C1Oc1cccc(OC(F)(F)F)c1. The van der Waals surface area contributed by atoms with Crippen LogP contribution in [0, 0.1) is 5.82 Å². The van der Waals surface area contributed by atoms with Crippen molar-refractivity contribution < 1.29 is 32.1 Å². The van der Waals surface area contributed by atoms with Crippen LogP contribution >= 0.6 is 0 Å². The molecule has 3 heterocycles. The Kier molecular flexibility index (Phi) is 8.39. The highest BCUT2D eigenvalue weighted by molar-refractivity contribution is 5.73. The highest BCUT2D eigenvalue weighted by atomic mass is 19.4. The van der Waals surface area contributed by atoms with Gasteiger partial charge < -0.3 is 24.4 Å². The third-order valence-electron chi connectivity index (χ3n) is 6.75. The first kappa shape index (κ1) is 29.6. The van der Waals surface area contributed by atoms with Gasteiger partial charge in [-0.15, -0.1) is 13.2 Å². The highest BCUT2D eigenvalue weighted by Gasteiger charge is 2.41. The summed E-state index contributed by atoms with van der Waals surface area (Å²) < 4.78 is 65.0. The maximum Gasteiger partial charge on any atom is 0.573 e. The van der Waals surface area contributed by atoms with E-state index in [1.165, 1.54) is 45.9 Å². The molecular weight excluding hydrogens is 574 g/mol. The molecule has 0 fully saturated rings. The first-order valence-corrected chi connectivity index (χ1v) is 13.2. The molecule has 1 unspecified atom stereocenters. The summed E-state index contributed by atoms with van der Waals surface area (Å²) in [4.78, 5) is 34.8. The van der Waals surface area contributed by atoms with Crippen LogP contribution in [0.5, 0.6) is 11.5 Å². The minimum Gasteiger partial charge on any atom is -0.452 e. The van der Waals surface area contributed by atoms with E-state index in [2.05, 4.69) is 9.72 Å². The number of nitrogens with zero attached hydrogens (tertiary/aromatic N) is 5. The molecule has 1 aliphatic heterocycles. The van der Waals surface area contributed by atoms with E-state index in [4.69, 9.17) is 4.74 Å². The fraction of sp³-hybridized carbons (Fsp3) is 0.276. The fourth-order valence-electron chi connectivity index (χ4n) is 4.90. The van der Waals surface area contributed by atoms with Crippen molar-refractivity contribution in [3.8, 4) is 11.5 Å². The molecule has 1 atom stereocenters. The van der Waals surface area contributed by atoms with Gasteiger partial charge in [0, 0.05) is 45.2 Å². The molecule has 1 N–H and O–H groups in total. The number of hydrogen-bond donors (Lipinski definition) is 1. The molecular formula is C29H27F4N5O5. The van der Waals surface area contributed by atoms with Crippen LogP contribution in [0.1, 0.15) is 17.5 Å². The smallest absolute Gasteiger partial charge is 0.452 e. The van der Waals surface area contributed by atoms with Crippen LogP contribution in [-0.4, -0.2) is 45.6 Å². The topological polar surface area (TPSA) is 102 Å². The maximum absolute atomic E-state index is 13.9. The predicted octanol–water partition coefficient (Wildman–Crippen LogP) is 3.69. The molecule has 0 radical (unpaired) electrons. The van der Waals surface area contributed by atoms with Crippen LogP contribution in [0.4, 0.5) is 29.1 Å². The first-order chi connectivity index (χ1) is 20.6. The predicted molar refractivity (Wildman–Crippen MR) is 149 cm³/mol. The van der Waals surface area contributed by atoms with Crippen molar-refractivity contribution >= 4 is 11.5 Å². The number of fused-ring (bicyclic) bond motifs is 1. The van der Waals surface area contributed by atoms with E-state index in [9.17, 15) is 32.3 Å². The third kappa shape index (κ3) is 6.48. The molecule has 0 aliphatic carbocycles. The number of ether oxygens (including phenoxy) is 2. The Morgan fingerprint density at radius 3 is 2.37 bits per heavy atom. The lowest BCUT2D eigenvalue weighted by atomic mass is 10.2. The van der Waals surface area contributed by atoms with Gasteiger partial charge in [0.05, 0.1) is 6.54 Å². The van der Waals surface area contributed by atoms with Crippen LogP contribution in [-0.2, 0) is 19.6 Å². The summed E-state index contributed by atoms with van der Waals surface area (Å²) >= 11 is 0. The number of hydrogen-bond acceptors (Lipinski definition) is 8. The number of pyridine rings is 1. The van der Waals surface area contributed by atoms with Crippen LogP contribution in [0.2, 0.25) is 0 Å². The number of alkyl halides is 3. The summed E-state index contributed by atoms with van der Waals surface area (Å²) in [6.07, 6.45) is -2.75. The van der Waals surface area contributed by atoms with Gasteiger partial charge in [0.15, 0.2) is 0 Å². The van der Waals surface area contributed by atoms with E-state index < -0.39 is 35.5 Å². The van der Waals surface area contributed by atoms with E-state index in [0.717, 1.165) is 16.7 Å². The second-order valence-electron chi connectivity index (χ2n) is 9.77. The first-order valence-electron chi connectivity index (χ1n) is 13.2. The van der Waals surface area contributed by atoms with Gasteiger partial charge in [-0.25, -0.2) is 9.18 Å². The molecule has 0 saturated heterocycles. The van der Waals surface area contributed by atoms with Gasteiger partial charge in [-0.2, -0.15) is 0 Å². The minimum atomic E-state index is -4.92. The quantitative estimate of drug-likeness (QED) is 0.275. The molecule has 4 aromatic rings. The minimum absolute atomic E-state index is 0.00252. The van der Waals surface area contributed by atoms with E-state index in [1.54, 1.807) is 36.5 Å². The zero-order valence-corrected chi connectivity index (χ0v) is 22.9. The lowest BCUT2D eigenvalue weighted by molar-refractivity contribution is -0.274. The summed E-state index contributed by atoms with van der Waals surface area (Å²) in [5.41, 5.74) is 0.0673. The normalized spacial score (nSPS) is 14.6. The van der Waals surface area contributed by atoms with Gasteiger partial charge >= 0.3 is 12.1 Å². The Morgan fingerprint density at radius 1 is 0.953 bits per heavy atom. The molecule has 5 rings (SSSR count). The van der Waals surface area contributed by atoms with Crippen molar-refractivity contribution in [2.75, 3.05) is 23.5 Å². The van der Waals surface area contributed by atoms with Crippen LogP contribution in [0.25, 0.3) is 0 Å². The molecule has 43 heavy (non-hydrogen) atoms. The Bertz CT molecular complexity index is 1690. The average molecular weight is 602 g/mol. The van der Waals surface area contributed by atoms with Gasteiger partial charge in [0.2, 0.25) is 0 Å². The van der Waals surface area contributed by atoms with E-state index in [-0.39, 0.29) is 49.9 Å². The second kappa shape index (κ2) is 12.2. The fourth-order valence-corrected chi connectivity index (χ4v) is 4.90. The number of aliphatic hydroxyl groups excluding tert-OH is 1. The number of halogens is 4. The van der Waals surface area contributed by atoms with Gasteiger partial charge in [-0.05, 0) is 47.9 Å². The number of benzene rings is 2. The van der Waals surface area contributed by atoms with Crippen molar-refractivity contribution in [3.63, 3.8) is 0 Å². The van der Waals surface area contributed by atoms with Crippen molar-refractivity contribution in [2.24, 2.45) is 0 Å². The van der Waals surface area contributed by atoms with Crippen LogP contribution < -0.4 is 30.5 Å².